The Hall–Kier alpha value is -4.13. The molecule has 1 aliphatic heterocycles. The number of amides is 1. The number of fused-ring (bicyclic) bond motifs is 5. The van der Waals surface area contributed by atoms with E-state index in [9.17, 15) is 4.79 Å². The number of H-pyrrole nitrogens is 1. The third-order valence-corrected chi connectivity index (χ3v) is 6.52. The van der Waals surface area contributed by atoms with Gasteiger partial charge in [-0.25, -0.2) is 9.97 Å². The van der Waals surface area contributed by atoms with Gasteiger partial charge in [0.05, 0.1) is 27.5 Å². The first-order valence-electron chi connectivity index (χ1n) is 10.2. The first-order chi connectivity index (χ1) is 15.2. The molecule has 148 valence electrons. The monoisotopic (exact) mass is 404 g/mol. The van der Waals surface area contributed by atoms with Crippen molar-refractivity contribution in [1.29, 1.82) is 0 Å². The van der Waals surface area contributed by atoms with Crippen molar-refractivity contribution in [3.05, 3.63) is 77.7 Å². The van der Waals surface area contributed by atoms with Crippen molar-refractivity contribution in [3.63, 3.8) is 0 Å². The van der Waals surface area contributed by atoms with Gasteiger partial charge in [-0.05, 0) is 60.4 Å². The molecule has 0 fully saturated rings. The van der Waals surface area contributed by atoms with E-state index in [0.717, 1.165) is 39.0 Å². The topological polar surface area (TPSA) is 96.5 Å². The summed E-state index contributed by atoms with van der Waals surface area (Å²) in [5, 5.41) is 2.96. The summed E-state index contributed by atoms with van der Waals surface area (Å²) in [5.74, 6) is 1.52. The predicted octanol–water partition coefficient (Wildman–Crippen LogP) is 3.56. The van der Waals surface area contributed by atoms with Crippen LogP contribution in [0.15, 0.2) is 61.1 Å². The van der Waals surface area contributed by atoms with Crippen LogP contribution in [0.1, 0.15) is 16.7 Å². The lowest BCUT2D eigenvalue weighted by atomic mass is 9.79. The summed E-state index contributed by atoms with van der Waals surface area (Å²) in [6.07, 6.45) is 6.43. The average molecular weight is 404 g/mol. The lowest BCUT2D eigenvalue weighted by molar-refractivity contribution is -0.120. The molecule has 7 nitrogen and oxygen atoms in total. The number of aromatic amines is 1. The van der Waals surface area contributed by atoms with Crippen LogP contribution in [0.2, 0.25) is 0 Å². The van der Waals surface area contributed by atoms with E-state index in [-0.39, 0.29) is 5.91 Å². The molecular weight excluding hydrogens is 388 g/mol. The quantitative estimate of drug-likeness (QED) is 0.445. The van der Waals surface area contributed by atoms with Gasteiger partial charge in [0.2, 0.25) is 5.91 Å². The first kappa shape index (κ1) is 16.6. The van der Waals surface area contributed by atoms with Gasteiger partial charge in [-0.2, -0.15) is 0 Å². The van der Waals surface area contributed by atoms with Gasteiger partial charge in [0.1, 0.15) is 11.6 Å². The predicted molar refractivity (Wildman–Crippen MR) is 117 cm³/mol. The van der Waals surface area contributed by atoms with Crippen LogP contribution in [0.25, 0.3) is 33.5 Å². The summed E-state index contributed by atoms with van der Waals surface area (Å²) in [5.41, 5.74) is 7.30. The van der Waals surface area contributed by atoms with E-state index in [2.05, 4.69) is 37.4 Å². The lowest BCUT2D eigenvalue weighted by Crippen LogP contribution is -2.35. The molecule has 0 bridgehead atoms. The molecular formula is C24H16N6O. The number of imidazole rings is 1. The largest absolute Gasteiger partial charge is 0.338 e. The fourth-order valence-corrected chi connectivity index (χ4v) is 5.03. The second-order valence-corrected chi connectivity index (χ2v) is 8.27. The van der Waals surface area contributed by atoms with Gasteiger partial charge in [-0.15, -0.1) is 0 Å². The highest BCUT2D eigenvalue weighted by molar-refractivity contribution is 6.06. The van der Waals surface area contributed by atoms with Crippen molar-refractivity contribution >= 4 is 33.8 Å². The highest BCUT2D eigenvalue weighted by Crippen LogP contribution is 2.47. The number of nitrogens with one attached hydrogen (secondary N) is 2. The fraction of sp³-hybridized carbons (Fsp3) is 0.125. The van der Waals surface area contributed by atoms with E-state index in [1.807, 2.05) is 30.3 Å². The molecule has 2 N–H and O–H groups in total. The number of hydrogen-bond donors (Lipinski definition) is 2. The molecule has 7 rings (SSSR count). The van der Waals surface area contributed by atoms with Crippen LogP contribution in [0.4, 0.5) is 5.82 Å². The number of aromatic nitrogens is 5. The second-order valence-electron chi connectivity index (χ2n) is 8.27. The van der Waals surface area contributed by atoms with Crippen molar-refractivity contribution in [3.8, 4) is 11.4 Å². The minimum Gasteiger partial charge on any atom is -0.338 e. The Morgan fingerprint density at radius 2 is 1.68 bits per heavy atom. The van der Waals surface area contributed by atoms with E-state index in [1.165, 1.54) is 11.1 Å². The minimum atomic E-state index is -0.565. The number of nitrogens with zero attached hydrogens (tertiary/aromatic N) is 4. The zero-order chi connectivity index (χ0) is 20.6. The Morgan fingerprint density at radius 1 is 0.839 bits per heavy atom. The Bertz CT molecular complexity index is 1510. The van der Waals surface area contributed by atoms with E-state index in [1.54, 1.807) is 18.6 Å². The molecule has 1 spiro atoms. The van der Waals surface area contributed by atoms with Gasteiger partial charge < -0.3 is 10.3 Å². The van der Waals surface area contributed by atoms with E-state index >= 15 is 0 Å². The molecule has 1 aliphatic carbocycles. The maximum atomic E-state index is 12.9. The van der Waals surface area contributed by atoms with Crippen molar-refractivity contribution in [2.75, 3.05) is 5.32 Å². The number of carbonyl (C=O) groups excluding carboxylic acids is 1. The third kappa shape index (κ3) is 2.25. The number of hydrogen-bond acceptors (Lipinski definition) is 5. The van der Waals surface area contributed by atoms with Crippen LogP contribution in [-0.2, 0) is 23.1 Å². The van der Waals surface area contributed by atoms with Crippen molar-refractivity contribution in [2.24, 2.45) is 0 Å². The highest BCUT2D eigenvalue weighted by atomic mass is 16.2. The van der Waals surface area contributed by atoms with E-state index in [4.69, 9.17) is 4.98 Å². The summed E-state index contributed by atoms with van der Waals surface area (Å²) in [6, 6.07) is 14.1. The Balaban J connectivity index is 1.31. The molecule has 1 unspecified atom stereocenters. The summed E-state index contributed by atoms with van der Waals surface area (Å²) in [6.45, 7) is 0. The van der Waals surface area contributed by atoms with Crippen molar-refractivity contribution in [1.82, 2.24) is 24.9 Å². The van der Waals surface area contributed by atoms with E-state index in [0.29, 0.717) is 18.7 Å². The Labute approximate surface area is 176 Å². The zero-order valence-corrected chi connectivity index (χ0v) is 16.4. The number of rotatable bonds is 1. The van der Waals surface area contributed by atoms with Gasteiger partial charge in [0, 0.05) is 29.7 Å². The van der Waals surface area contributed by atoms with Gasteiger partial charge in [0.15, 0.2) is 0 Å². The molecule has 0 saturated heterocycles. The molecule has 3 aromatic heterocycles. The molecule has 1 atom stereocenters. The normalized spacial score (nSPS) is 16.1. The number of carbonyl (C=O) groups is 1. The molecule has 0 radical (unpaired) electrons. The number of anilines is 1. The number of pyridine rings is 1. The summed E-state index contributed by atoms with van der Waals surface area (Å²) < 4.78 is 0. The van der Waals surface area contributed by atoms with Crippen LogP contribution in [0.3, 0.4) is 0 Å². The molecule has 1 amide bonds. The van der Waals surface area contributed by atoms with Crippen LogP contribution < -0.4 is 5.32 Å². The fourth-order valence-electron chi connectivity index (χ4n) is 5.03. The zero-order valence-electron chi connectivity index (χ0n) is 16.4. The second kappa shape index (κ2) is 5.72. The molecule has 2 aliphatic rings. The maximum Gasteiger partial charge on any atom is 0.237 e. The summed E-state index contributed by atoms with van der Waals surface area (Å²) >= 11 is 0. The van der Waals surface area contributed by atoms with Gasteiger partial charge in [-0.1, -0.05) is 6.07 Å². The minimum absolute atomic E-state index is 0.0342. The SMILES string of the molecule is O=C1Nc2ncccc2C12Cc1cc3nc(-c4ccc5nccnc5c4)[nH]c3cc1C2. The standard InChI is InChI=1S/C24H16N6O/c31-23-24(16-2-1-5-27-22(16)30-23)11-14-9-19-20(10-15(14)12-24)29-21(28-19)13-3-4-17-18(8-13)26-7-6-25-17/h1-10H,11-12H2,(H,28,29)(H,27,30,31). The Morgan fingerprint density at radius 3 is 2.58 bits per heavy atom. The molecule has 0 saturated carbocycles. The summed E-state index contributed by atoms with van der Waals surface area (Å²) in [4.78, 5) is 34.3. The summed E-state index contributed by atoms with van der Waals surface area (Å²) in [7, 11) is 0. The third-order valence-electron chi connectivity index (χ3n) is 6.52. The van der Waals surface area contributed by atoms with Gasteiger partial charge in [-0.3, -0.25) is 14.8 Å². The van der Waals surface area contributed by atoms with Crippen LogP contribution in [0, 0.1) is 0 Å². The smallest absolute Gasteiger partial charge is 0.237 e. The molecule has 7 heteroatoms. The number of benzene rings is 2. The van der Waals surface area contributed by atoms with Crippen LogP contribution in [-0.4, -0.2) is 30.8 Å². The highest BCUT2D eigenvalue weighted by Gasteiger charge is 2.51. The van der Waals surface area contributed by atoms with Crippen LogP contribution in [0.5, 0.6) is 0 Å². The lowest BCUT2D eigenvalue weighted by Gasteiger charge is -2.20. The first-order valence-corrected chi connectivity index (χ1v) is 10.2. The molecule has 5 aromatic rings. The molecule has 2 aromatic carbocycles. The van der Waals surface area contributed by atoms with Crippen LogP contribution >= 0.6 is 0 Å². The maximum absolute atomic E-state index is 12.9. The van der Waals surface area contributed by atoms with Crippen molar-refractivity contribution in [2.45, 2.75) is 18.3 Å². The average Bonchev–Trinajstić information content (AvgIpc) is 3.45. The van der Waals surface area contributed by atoms with Gasteiger partial charge >= 0.3 is 0 Å². The van der Waals surface area contributed by atoms with Gasteiger partial charge in [0.25, 0.3) is 0 Å². The molecule has 31 heavy (non-hydrogen) atoms. The molecule has 4 heterocycles. The van der Waals surface area contributed by atoms with Crippen molar-refractivity contribution < 1.29 is 4.79 Å². The van der Waals surface area contributed by atoms with E-state index < -0.39 is 5.41 Å². The Kier molecular flexibility index (Phi) is 3.07.